The number of hydrogen-bond donors (Lipinski definition) is 1. The van der Waals surface area contributed by atoms with Crippen LogP contribution in [0.2, 0.25) is 0 Å². The molecule has 2 aromatic carbocycles. The summed E-state index contributed by atoms with van der Waals surface area (Å²) in [5, 5.41) is 9.57. The highest BCUT2D eigenvalue weighted by atomic mass is 19.1. The Morgan fingerprint density at radius 2 is 1.96 bits per heavy atom. The number of halogens is 1. The number of carbonyl (C=O) groups excluding carboxylic acids is 1. The Kier molecular flexibility index (Phi) is 4.01. The molecule has 6 heteroatoms. The Labute approximate surface area is 149 Å². The van der Waals surface area contributed by atoms with Crippen LogP contribution in [0.15, 0.2) is 60.9 Å². The quantitative estimate of drug-likeness (QED) is 0.767. The number of rotatable bonds is 2. The van der Waals surface area contributed by atoms with Gasteiger partial charge in [0.1, 0.15) is 12.4 Å². The van der Waals surface area contributed by atoms with Crippen LogP contribution in [0.3, 0.4) is 0 Å². The SMILES string of the molecule is O=C(c1cncc(-c2ccc(F)c(O)c2)c1)N1CCOc2ccccc21. The van der Waals surface area contributed by atoms with E-state index in [1.165, 1.54) is 24.4 Å². The van der Waals surface area contributed by atoms with Crippen molar-refractivity contribution in [2.24, 2.45) is 0 Å². The number of hydrogen-bond acceptors (Lipinski definition) is 4. The molecule has 0 bridgehead atoms. The molecule has 0 atom stereocenters. The Bertz CT molecular complexity index is 990. The lowest BCUT2D eigenvalue weighted by Gasteiger charge is -2.29. The molecule has 130 valence electrons. The number of ether oxygens (including phenoxy) is 1. The van der Waals surface area contributed by atoms with Gasteiger partial charge in [-0.1, -0.05) is 18.2 Å². The molecular formula is C20H15FN2O3. The summed E-state index contributed by atoms with van der Waals surface area (Å²) < 4.78 is 18.9. The topological polar surface area (TPSA) is 62.7 Å². The highest BCUT2D eigenvalue weighted by Gasteiger charge is 2.24. The number of phenolic OH excluding ortho intramolecular Hbond substituents is 1. The van der Waals surface area contributed by atoms with E-state index in [0.29, 0.717) is 41.3 Å². The second-order valence-corrected chi connectivity index (χ2v) is 5.90. The highest BCUT2D eigenvalue weighted by molar-refractivity contribution is 6.07. The standard InChI is InChI=1S/C20H15FN2O3/c21-16-6-5-13(10-18(16)24)14-9-15(12-22-11-14)20(25)23-7-8-26-19-4-2-1-3-17(19)23/h1-6,9-12,24H,7-8H2. The van der Waals surface area contributed by atoms with E-state index in [1.807, 2.05) is 24.3 Å². The Hall–Kier alpha value is -3.41. The molecule has 3 aromatic rings. The van der Waals surface area contributed by atoms with E-state index >= 15 is 0 Å². The summed E-state index contributed by atoms with van der Waals surface area (Å²) in [6.45, 7) is 0.860. The minimum absolute atomic E-state index is 0.193. The molecule has 0 spiro atoms. The van der Waals surface area contributed by atoms with E-state index in [4.69, 9.17) is 4.74 Å². The highest BCUT2D eigenvalue weighted by Crippen LogP contribution is 2.32. The van der Waals surface area contributed by atoms with Crippen molar-refractivity contribution in [2.75, 3.05) is 18.1 Å². The van der Waals surface area contributed by atoms with Crippen LogP contribution in [0.5, 0.6) is 11.5 Å². The number of carbonyl (C=O) groups is 1. The second-order valence-electron chi connectivity index (χ2n) is 5.90. The van der Waals surface area contributed by atoms with E-state index in [1.54, 1.807) is 17.2 Å². The van der Waals surface area contributed by atoms with Gasteiger partial charge in [-0.25, -0.2) is 4.39 Å². The van der Waals surface area contributed by atoms with Gasteiger partial charge < -0.3 is 14.7 Å². The molecule has 4 rings (SSSR count). The predicted octanol–water partition coefficient (Wildman–Crippen LogP) is 3.63. The van der Waals surface area contributed by atoms with Gasteiger partial charge >= 0.3 is 0 Å². The zero-order valence-electron chi connectivity index (χ0n) is 13.7. The molecule has 0 unspecified atom stereocenters. The number of nitrogens with zero attached hydrogens (tertiary/aromatic N) is 2. The fourth-order valence-corrected chi connectivity index (χ4v) is 2.94. The van der Waals surface area contributed by atoms with Crippen LogP contribution in [-0.2, 0) is 0 Å². The summed E-state index contributed by atoms with van der Waals surface area (Å²) in [4.78, 5) is 18.8. The fraction of sp³-hybridized carbons (Fsp3) is 0.100. The summed E-state index contributed by atoms with van der Waals surface area (Å²) in [5.41, 5.74) is 2.32. The molecule has 0 saturated heterocycles. The molecule has 1 aliphatic heterocycles. The maximum atomic E-state index is 13.3. The fourth-order valence-electron chi connectivity index (χ4n) is 2.94. The van der Waals surface area contributed by atoms with Crippen molar-refractivity contribution >= 4 is 11.6 Å². The lowest BCUT2D eigenvalue weighted by molar-refractivity contribution is 0.0976. The summed E-state index contributed by atoms with van der Waals surface area (Å²) in [5.74, 6) is -0.665. The molecule has 1 aromatic heterocycles. The first-order valence-electron chi connectivity index (χ1n) is 8.11. The molecule has 0 radical (unpaired) electrons. The van der Waals surface area contributed by atoms with Crippen molar-refractivity contribution in [3.63, 3.8) is 0 Å². The number of phenols is 1. The zero-order chi connectivity index (χ0) is 18.1. The minimum atomic E-state index is -0.695. The first-order valence-corrected chi connectivity index (χ1v) is 8.11. The van der Waals surface area contributed by atoms with Crippen molar-refractivity contribution < 1.29 is 19.0 Å². The number of fused-ring (bicyclic) bond motifs is 1. The van der Waals surface area contributed by atoms with Crippen LogP contribution in [0, 0.1) is 5.82 Å². The van der Waals surface area contributed by atoms with Crippen molar-refractivity contribution in [1.29, 1.82) is 0 Å². The molecular weight excluding hydrogens is 335 g/mol. The van der Waals surface area contributed by atoms with Gasteiger partial charge in [-0.15, -0.1) is 0 Å². The van der Waals surface area contributed by atoms with Gasteiger partial charge in [0, 0.05) is 18.0 Å². The van der Waals surface area contributed by atoms with Crippen LogP contribution in [0.4, 0.5) is 10.1 Å². The van der Waals surface area contributed by atoms with E-state index in [9.17, 15) is 14.3 Å². The van der Waals surface area contributed by atoms with Crippen LogP contribution in [0.1, 0.15) is 10.4 Å². The molecule has 0 saturated carbocycles. The number of para-hydroxylation sites is 2. The van der Waals surface area contributed by atoms with Gasteiger partial charge in [-0.2, -0.15) is 0 Å². The predicted molar refractivity (Wildman–Crippen MR) is 94.9 cm³/mol. The lowest BCUT2D eigenvalue weighted by atomic mass is 10.0. The maximum absolute atomic E-state index is 13.3. The normalized spacial score (nSPS) is 13.0. The van der Waals surface area contributed by atoms with Crippen molar-refractivity contribution in [2.45, 2.75) is 0 Å². The first kappa shape index (κ1) is 16.1. The van der Waals surface area contributed by atoms with Gasteiger partial charge in [-0.05, 0) is 35.9 Å². The number of amides is 1. The Morgan fingerprint density at radius 1 is 1.12 bits per heavy atom. The van der Waals surface area contributed by atoms with E-state index in [-0.39, 0.29) is 5.91 Å². The third kappa shape index (κ3) is 2.86. The van der Waals surface area contributed by atoms with E-state index in [0.717, 1.165) is 0 Å². The van der Waals surface area contributed by atoms with Crippen LogP contribution >= 0.6 is 0 Å². The average Bonchev–Trinajstić information content (AvgIpc) is 2.69. The van der Waals surface area contributed by atoms with Crippen molar-refractivity contribution in [3.8, 4) is 22.6 Å². The van der Waals surface area contributed by atoms with Gasteiger partial charge in [0.05, 0.1) is 17.8 Å². The minimum Gasteiger partial charge on any atom is -0.505 e. The monoisotopic (exact) mass is 350 g/mol. The Morgan fingerprint density at radius 3 is 2.81 bits per heavy atom. The molecule has 2 heterocycles. The Balaban J connectivity index is 1.69. The maximum Gasteiger partial charge on any atom is 0.260 e. The van der Waals surface area contributed by atoms with Gasteiger partial charge in [0.15, 0.2) is 11.6 Å². The van der Waals surface area contributed by atoms with Crippen LogP contribution in [0.25, 0.3) is 11.1 Å². The number of pyridine rings is 1. The van der Waals surface area contributed by atoms with Crippen molar-refractivity contribution in [1.82, 2.24) is 4.98 Å². The third-order valence-corrected chi connectivity index (χ3v) is 4.24. The van der Waals surface area contributed by atoms with Gasteiger partial charge in [-0.3, -0.25) is 9.78 Å². The molecule has 26 heavy (non-hydrogen) atoms. The largest absolute Gasteiger partial charge is 0.505 e. The number of anilines is 1. The summed E-state index contributed by atoms with van der Waals surface area (Å²) in [7, 11) is 0. The van der Waals surface area contributed by atoms with Crippen LogP contribution < -0.4 is 9.64 Å². The summed E-state index contributed by atoms with van der Waals surface area (Å²) in [6.07, 6.45) is 3.06. The number of aromatic hydroxyl groups is 1. The number of benzene rings is 2. The third-order valence-electron chi connectivity index (χ3n) is 4.24. The molecule has 1 aliphatic rings. The van der Waals surface area contributed by atoms with E-state index < -0.39 is 11.6 Å². The summed E-state index contributed by atoms with van der Waals surface area (Å²) in [6, 6.07) is 13.1. The van der Waals surface area contributed by atoms with Crippen molar-refractivity contribution in [3.05, 3.63) is 72.3 Å². The molecule has 0 aliphatic carbocycles. The molecule has 1 amide bonds. The zero-order valence-corrected chi connectivity index (χ0v) is 13.7. The molecule has 0 fully saturated rings. The smallest absolute Gasteiger partial charge is 0.260 e. The van der Waals surface area contributed by atoms with Gasteiger partial charge in [0.2, 0.25) is 0 Å². The average molecular weight is 350 g/mol. The second kappa shape index (κ2) is 6.48. The van der Waals surface area contributed by atoms with E-state index in [2.05, 4.69) is 4.98 Å². The lowest BCUT2D eigenvalue weighted by Crippen LogP contribution is -2.38. The molecule has 1 N–H and O–H groups in total. The first-order chi connectivity index (χ1) is 12.6. The van der Waals surface area contributed by atoms with Gasteiger partial charge in [0.25, 0.3) is 5.91 Å². The summed E-state index contributed by atoms with van der Waals surface area (Å²) >= 11 is 0. The number of aromatic nitrogens is 1. The molecule has 5 nitrogen and oxygen atoms in total. The van der Waals surface area contributed by atoms with Crippen LogP contribution in [-0.4, -0.2) is 29.1 Å².